The number of aromatic hydroxyl groups is 1. The normalized spacial score (nSPS) is 16.8. The SMILES string of the molecule is CN(Cc1ccccc1)C1CCCc2nn(-c3ccccn3)c(O)c21. The summed E-state index contributed by atoms with van der Waals surface area (Å²) < 4.78 is 1.57. The summed E-state index contributed by atoms with van der Waals surface area (Å²) in [6.07, 6.45) is 4.72. The molecule has 0 spiro atoms. The zero-order chi connectivity index (χ0) is 17.2. The predicted molar refractivity (Wildman–Crippen MR) is 96.6 cm³/mol. The van der Waals surface area contributed by atoms with Crippen molar-refractivity contribution in [3.05, 3.63) is 71.5 Å². The first-order valence-corrected chi connectivity index (χ1v) is 8.70. The molecule has 1 unspecified atom stereocenters. The molecule has 0 radical (unpaired) electrons. The average molecular weight is 334 g/mol. The van der Waals surface area contributed by atoms with Crippen LogP contribution in [-0.4, -0.2) is 31.8 Å². The zero-order valence-corrected chi connectivity index (χ0v) is 14.3. The van der Waals surface area contributed by atoms with Gasteiger partial charge in [-0.2, -0.15) is 9.78 Å². The van der Waals surface area contributed by atoms with E-state index in [0.717, 1.165) is 37.1 Å². The lowest BCUT2D eigenvalue weighted by Crippen LogP contribution is -2.27. The molecule has 1 atom stereocenters. The molecule has 0 saturated carbocycles. The Morgan fingerprint density at radius 3 is 2.72 bits per heavy atom. The van der Waals surface area contributed by atoms with Crippen LogP contribution in [0.25, 0.3) is 5.82 Å². The molecule has 0 bridgehead atoms. The van der Waals surface area contributed by atoms with Crippen molar-refractivity contribution in [1.82, 2.24) is 19.7 Å². The summed E-state index contributed by atoms with van der Waals surface area (Å²) in [6, 6.07) is 16.2. The molecule has 1 aliphatic carbocycles. The van der Waals surface area contributed by atoms with Gasteiger partial charge in [-0.25, -0.2) is 4.98 Å². The summed E-state index contributed by atoms with van der Waals surface area (Å²) in [7, 11) is 2.12. The van der Waals surface area contributed by atoms with E-state index in [2.05, 4.69) is 46.3 Å². The molecule has 0 saturated heterocycles. The topological polar surface area (TPSA) is 54.2 Å². The molecule has 5 heteroatoms. The van der Waals surface area contributed by atoms with Gasteiger partial charge in [-0.3, -0.25) is 4.90 Å². The van der Waals surface area contributed by atoms with Gasteiger partial charge in [0.1, 0.15) is 0 Å². The molecule has 1 aliphatic rings. The monoisotopic (exact) mass is 334 g/mol. The molecule has 25 heavy (non-hydrogen) atoms. The van der Waals surface area contributed by atoms with Gasteiger partial charge in [0.15, 0.2) is 5.82 Å². The van der Waals surface area contributed by atoms with Gasteiger partial charge in [-0.15, -0.1) is 0 Å². The van der Waals surface area contributed by atoms with Gasteiger partial charge in [0, 0.05) is 18.8 Å². The predicted octanol–water partition coefficient (Wildman–Crippen LogP) is 3.48. The fraction of sp³-hybridized carbons (Fsp3) is 0.300. The van der Waals surface area contributed by atoms with Crippen molar-refractivity contribution in [2.75, 3.05) is 7.05 Å². The molecule has 0 fully saturated rings. The van der Waals surface area contributed by atoms with Crippen molar-refractivity contribution in [2.24, 2.45) is 0 Å². The Balaban J connectivity index is 1.66. The van der Waals surface area contributed by atoms with Gasteiger partial charge in [-0.1, -0.05) is 36.4 Å². The molecule has 128 valence electrons. The minimum absolute atomic E-state index is 0.168. The maximum Gasteiger partial charge on any atom is 0.220 e. The van der Waals surface area contributed by atoms with E-state index in [1.807, 2.05) is 24.3 Å². The van der Waals surface area contributed by atoms with Crippen LogP contribution in [0.15, 0.2) is 54.7 Å². The van der Waals surface area contributed by atoms with E-state index in [4.69, 9.17) is 0 Å². The van der Waals surface area contributed by atoms with E-state index in [0.29, 0.717) is 5.82 Å². The van der Waals surface area contributed by atoms with Crippen molar-refractivity contribution in [1.29, 1.82) is 0 Å². The highest BCUT2D eigenvalue weighted by Gasteiger charge is 2.31. The van der Waals surface area contributed by atoms with Crippen LogP contribution in [0.2, 0.25) is 0 Å². The Kier molecular flexibility index (Phi) is 4.24. The lowest BCUT2D eigenvalue weighted by Gasteiger charge is -2.31. The largest absolute Gasteiger partial charge is 0.493 e. The second kappa shape index (κ2) is 6.69. The first-order valence-electron chi connectivity index (χ1n) is 8.70. The Morgan fingerprint density at radius 1 is 1.16 bits per heavy atom. The van der Waals surface area contributed by atoms with Gasteiger partial charge in [0.05, 0.1) is 11.3 Å². The number of pyridine rings is 1. The first kappa shape index (κ1) is 15.8. The van der Waals surface area contributed by atoms with Gasteiger partial charge in [-0.05, 0) is 44.0 Å². The van der Waals surface area contributed by atoms with Crippen molar-refractivity contribution in [2.45, 2.75) is 31.8 Å². The van der Waals surface area contributed by atoms with Crippen molar-refractivity contribution in [3.8, 4) is 11.7 Å². The molecule has 2 aromatic heterocycles. The van der Waals surface area contributed by atoms with Gasteiger partial charge >= 0.3 is 0 Å². The Morgan fingerprint density at radius 2 is 1.96 bits per heavy atom. The minimum atomic E-state index is 0.168. The first-order chi connectivity index (χ1) is 12.2. The molecule has 3 aromatic rings. The Bertz CT molecular complexity index is 845. The third-order valence-electron chi connectivity index (χ3n) is 4.87. The minimum Gasteiger partial charge on any atom is -0.493 e. The van der Waals surface area contributed by atoms with Crippen molar-refractivity contribution >= 4 is 0 Å². The van der Waals surface area contributed by atoms with Gasteiger partial charge < -0.3 is 5.11 Å². The lowest BCUT2D eigenvalue weighted by atomic mass is 9.91. The van der Waals surface area contributed by atoms with Crippen LogP contribution >= 0.6 is 0 Å². The molecule has 4 rings (SSSR count). The average Bonchev–Trinajstić information content (AvgIpc) is 3.00. The van der Waals surface area contributed by atoms with Crippen LogP contribution in [0.1, 0.15) is 35.7 Å². The number of benzene rings is 1. The van der Waals surface area contributed by atoms with Crippen LogP contribution in [-0.2, 0) is 13.0 Å². The third-order valence-corrected chi connectivity index (χ3v) is 4.87. The van der Waals surface area contributed by atoms with E-state index in [9.17, 15) is 5.11 Å². The maximum absolute atomic E-state index is 10.8. The van der Waals surface area contributed by atoms with E-state index in [1.165, 1.54) is 5.56 Å². The van der Waals surface area contributed by atoms with E-state index < -0.39 is 0 Å². The smallest absolute Gasteiger partial charge is 0.220 e. The summed E-state index contributed by atoms with van der Waals surface area (Å²) in [6.45, 7) is 0.846. The second-order valence-electron chi connectivity index (χ2n) is 6.59. The molecule has 1 N–H and O–H groups in total. The molecular formula is C20H22N4O. The molecule has 0 amide bonds. The summed E-state index contributed by atoms with van der Waals surface area (Å²) in [4.78, 5) is 6.62. The Labute approximate surface area is 147 Å². The van der Waals surface area contributed by atoms with E-state index in [-0.39, 0.29) is 11.9 Å². The second-order valence-corrected chi connectivity index (χ2v) is 6.59. The standard InChI is InChI=1S/C20H22N4O/c1-23(14-15-8-3-2-4-9-15)17-11-7-10-16-19(17)20(25)24(22-16)18-12-5-6-13-21-18/h2-6,8-9,12-13,17,25H,7,10-11,14H2,1H3. The van der Waals surface area contributed by atoms with E-state index >= 15 is 0 Å². The molecule has 2 heterocycles. The number of nitrogens with zero attached hydrogens (tertiary/aromatic N) is 4. The van der Waals surface area contributed by atoms with Gasteiger partial charge in [0.25, 0.3) is 0 Å². The summed E-state index contributed by atoms with van der Waals surface area (Å²) in [5.41, 5.74) is 3.21. The zero-order valence-electron chi connectivity index (χ0n) is 14.3. The summed E-state index contributed by atoms with van der Waals surface area (Å²) >= 11 is 0. The van der Waals surface area contributed by atoms with Crippen molar-refractivity contribution in [3.63, 3.8) is 0 Å². The Hall–Kier alpha value is -2.66. The number of aromatic nitrogens is 3. The quantitative estimate of drug-likeness (QED) is 0.794. The van der Waals surface area contributed by atoms with Gasteiger partial charge in [0.2, 0.25) is 5.88 Å². The number of aryl methyl sites for hydroxylation is 1. The van der Waals surface area contributed by atoms with Crippen LogP contribution < -0.4 is 0 Å². The number of fused-ring (bicyclic) bond motifs is 1. The molecule has 5 nitrogen and oxygen atoms in total. The number of rotatable bonds is 4. The highest BCUT2D eigenvalue weighted by Crippen LogP contribution is 2.40. The van der Waals surface area contributed by atoms with Crippen LogP contribution in [0, 0.1) is 0 Å². The highest BCUT2D eigenvalue weighted by molar-refractivity contribution is 5.40. The van der Waals surface area contributed by atoms with E-state index in [1.54, 1.807) is 10.9 Å². The summed E-state index contributed by atoms with van der Waals surface area (Å²) in [5, 5.41) is 15.5. The molecule has 1 aromatic carbocycles. The highest BCUT2D eigenvalue weighted by atomic mass is 16.3. The van der Waals surface area contributed by atoms with Crippen LogP contribution in [0.3, 0.4) is 0 Å². The van der Waals surface area contributed by atoms with Crippen LogP contribution in [0.4, 0.5) is 0 Å². The number of hydrogen-bond donors (Lipinski definition) is 1. The third kappa shape index (κ3) is 3.03. The summed E-state index contributed by atoms with van der Waals surface area (Å²) in [5.74, 6) is 0.872. The number of hydrogen-bond acceptors (Lipinski definition) is 4. The molecule has 0 aliphatic heterocycles. The molecular weight excluding hydrogens is 312 g/mol. The lowest BCUT2D eigenvalue weighted by molar-refractivity contribution is 0.208. The maximum atomic E-state index is 10.8. The van der Waals surface area contributed by atoms with Crippen molar-refractivity contribution < 1.29 is 5.11 Å². The fourth-order valence-electron chi connectivity index (χ4n) is 3.66. The van der Waals surface area contributed by atoms with Crippen LogP contribution in [0.5, 0.6) is 5.88 Å². The fourth-order valence-corrected chi connectivity index (χ4v) is 3.66.